The maximum Gasteiger partial charge on any atom is 0.193 e. The molecule has 1 unspecified atom stereocenters. The Morgan fingerprint density at radius 3 is 3.05 bits per heavy atom. The lowest BCUT2D eigenvalue weighted by Gasteiger charge is -2.21. The van der Waals surface area contributed by atoms with Gasteiger partial charge in [-0.2, -0.15) is 0 Å². The zero-order chi connectivity index (χ0) is 15.9. The quantitative estimate of drug-likeness (QED) is 0.638. The van der Waals surface area contributed by atoms with E-state index >= 15 is 0 Å². The second kappa shape index (κ2) is 8.48. The van der Waals surface area contributed by atoms with E-state index in [-0.39, 0.29) is 5.82 Å². The smallest absolute Gasteiger partial charge is 0.193 e. The molecule has 4 nitrogen and oxygen atoms in total. The van der Waals surface area contributed by atoms with Crippen LogP contribution in [0.15, 0.2) is 27.7 Å². The molecule has 0 amide bonds. The molecule has 1 aliphatic heterocycles. The zero-order valence-corrected chi connectivity index (χ0v) is 14.7. The molecule has 0 saturated carbocycles. The summed E-state index contributed by atoms with van der Waals surface area (Å²) in [7, 11) is 1.78. The van der Waals surface area contributed by atoms with Crippen LogP contribution >= 0.6 is 15.9 Å². The van der Waals surface area contributed by atoms with Crippen LogP contribution in [0.25, 0.3) is 0 Å². The lowest BCUT2D eigenvalue weighted by Crippen LogP contribution is -2.39. The molecule has 1 N–H and O–H groups in total. The number of likely N-dealkylation sites (tertiary alicyclic amines) is 1. The molecular weight excluding hydrogens is 349 g/mol. The summed E-state index contributed by atoms with van der Waals surface area (Å²) in [6.45, 7) is 6.08. The van der Waals surface area contributed by atoms with Gasteiger partial charge in [-0.25, -0.2) is 4.39 Å². The second-order valence-electron chi connectivity index (χ2n) is 5.41. The summed E-state index contributed by atoms with van der Waals surface area (Å²) >= 11 is 3.16. The number of nitrogens with zero attached hydrogens (tertiary/aromatic N) is 2. The van der Waals surface area contributed by atoms with Gasteiger partial charge in [-0.15, -0.1) is 0 Å². The molecule has 6 heteroatoms. The van der Waals surface area contributed by atoms with Gasteiger partial charge in [-0.1, -0.05) is 6.07 Å². The highest BCUT2D eigenvalue weighted by molar-refractivity contribution is 9.10. The van der Waals surface area contributed by atoms with Crippen molar-refractivity contribution in [1.82, 2.24) is 10.2 Å². The van der Waals surface area contributed by atoms with Gasteiger partial charge in [-0.3, -0.25) is 4.99 Å². The number of nitrogens with one attached hydrogen (secondary N) is 1. The van der Waals surface area contributed by atoms with Crippen LogP contribution in [0.3, 0.4) is 0 Å². The maximum absolute atomic E-state index is 13.5. The number of rotatable bonds is 5. The summed E-state index contributed by atoms with van der Waals surface area (Å²) < 4.78 is 19.5. The van der Waals surface area contributed by atoms with Crippen LogP contribution in [0.2, 0.25) is 0 Å². The summed E-state index contributed by atoms with van der Waals surface area (Å²) in [6, 6.07) is 5.16. The summed E-state index contributed by atoms with van der Waals surface area (Å²) in [5.74, 6) is 1.18. The standard InChI is InChI=1S/C16H23BrFN3O/c1-3-22-11-13-6-7-21(10-13)16(19-2)20-9-12-4-5-14(17)15(18)8-12/h4-5,8,13H,3,6-7,9-11H2,1-2H3,(H,19,20). The van der Waals surface area contributed by atoms with Gasteiger partial charge in [0.05, 0.1) is 11.1 Å². The number of hydrogen-bond acceptors (Lipinski definition) is 2. The fourth-order valence-electron chi connectivity index (χ4n) is 2.61. The number of benzene rings is 1. The van der Waals surface area contributed by atoms with E-state index in [1.807, 2.05) is 13.0 Å². The van der Waals surface area contributed by atoms with Crippen LogP contribution in [0.4, 0.5) is 4.39 Å². The number of ether oxygens (including phenoxy) is 1. The molecule has 1 aromatic carbocycles. The second-order valence-corrected chi connectivity index (χ2v) is 6.26. The average Bonchev–Trinajstić information content (AvgIpc) is 2.98. The molecule has 0 aromatic heterocycles. The summed E-state index contributed by atoms with van der Waals surface area (Å²) in [5.41, 5.74) is 0.895. The molecule has 22 heavy (non-hydrogen) atoms. The molecule has 1 saturated heterocycles. The van der Waals surface area contributed by atoms with Crippen molar-refractivity contribution in [3.05, 3.63) is 34.1 Å². The molecule has 0 radical (unpaired) electrons. The third kappa shape index (κ3) is 4.68. The van der Waals surface area contributed by atoms with E-state index < -0.39 is 0 Å². The van der Waals surface area contributed by atoms with Crippen LogP contribution in [0, 0.1) is 11.7 Å². The van der Waals surface area contributed by atoms with E-state index in [4.69, 9.17) is 4.74 Å². The zero-order valence-electron chi connectivity index (χ0n) is 13.1. The van der Waals surface area contributed by atoms with Crippen LogP contribution < -0.4 is 5.32 Å². The van der Waals surface area contributed by atoms with Gasteiger partial charge in [-0.05, 0) is 47.0 Å². The van der Waals surface area contributed by atoms with Crippen molar-refractivity contribution in [2.75, 3.05) is 33.4 Å². The Bertz CT molecular complexity index is 524. The topological polar surface area (TPSA) is 36.9 Å². The van der Waals surface area contributed by atoms with Crippen molar-refractivity contribution >= 4 is 21.9 Å². The van der Waals surface area contributed by atoms with E-state index in [9.17, 15) is 4.39 Å². The Labute approximate surface area is 139 Å². The van der Waals surface area contributed by atoms with E-state index in [0.717, 1.165) is 44.2 Å². The molecule has 1 aromatic rings. The Kier molecular flexibility index (Phi) is 6.64. The minimum atomic E-state index is -0.243. The van der Waals surface area contributed by atoms with Gasteiger partial charge >= 0.3 is 0 Å². The van der Waals surface area contributed by atoms with E-state index in [2.05, 4.69) is 31.1 Å². The van der Waals surface area contributed by atoms with E-state index in [1.165, 1.54) is 6.07 Å². The Morgan fingerprint density at radius 2 is 2.36 bits per heavy atom. The van der Waals surface area contributed by atoms with Crippen molar-refractivity contribution in [3.63, 3.8) is 0 Å². The molecule has 2 rings (SSSR count). The van der Waals surface area contributed by atoms with Crippen molar-refractivity contribution in [2.45, 2.75) is 19.9 Å². The molecule has 1 heterocycles. The summed E-state index contributed by atoms with van der Waals surface area (Å²) in [6.07, 6.45) is 1.12. The van der Waals surface area contributed by atoms with E-state index in [0.29, 0.717) is 16.9 Å². The summed E-state index contributed by atoms with van der Waals surface area (Å²) in [5, 5.41) is 3.30. The third-order valence-electron chi connectivity index (χ3n) is 3.79. The first-order chi connectivity index (χ1) is 10.6. The van der Waals surface area contributed by atoms with Crippen LogP contribution in [-0.2, 0) is 11.3 Å². The molecule has 0 aliphatic carbocycles. The first-order valence-electron chi connectivity index (χ1n) is 7.61. The number of hydrogen-bond donors (Lipinski definition) is 1. The van der Waals surface area contributed by atoms with Gasteiger partial charge < -0.3 is 15.0 Å². The predicted octanol–water partition coefficient (Wildman–Crippen LogP) is 3.02. The first-order valence-corrected chi connectivity index (χ1v) is 8.40. The normalized spacial score (nSPS) is 18.8. The molecule has 1 atom stereocenters. The van der Waals surface area contributed by atoms with Crippen molar-refractivity contribution in [1.29, 1.82) is 0 Å². The van der Waals surface area contributed by atoms with Crippen LogP contribution in [0.1, 0.15) is 18.9 Å². The van der Waals surface area contributed by atoms with Crippen molar-refractivity contribution in [3.8, 4) is 0 Å². The molecular formula is C16H23BrFN3O. The summed E-state index contributed by atoms with van der Waals surface area (Å²) in [4.78, 5) is 6.56. The van der Waals surface area contributed by atoms with Crippen molar-refractivity contribution < 1.29 is 9.13 Å². The fourth-order valence-corrected chi connectivity index (χ4v) is 2.86. The Balaban J connectivity index is 1.86. The molecule has 122 valence electrons. The highest BCUT2D eigenvalue weighted by atomic mass is 79.9. The largest absolute Gasteiger partial charge is 0.381 e. The fraction of sp³-hybridized carbons (Fsp3) is 0.562. The van der Waals surface area contributed by atoms with Gasteiger partial charge in [0.1, 0.15) is 5.82 Å². The average molecular weight is 372 g/mol. The van der Waals surface area contributed by atoms with Gasteiger partial charge in [0.2, 0.25) is 0 Å². The molecule has 1 fully saturated rings. The van der Waals surface area contributed by atoms with Crippen LogP contribution in [-0.4, -0.2) is 44.2 Å². The first kappa shape index (κ1) is 17.2. The minimum absolute atomic E-state index is 0.243. The maximum atomic E-state index is 13.5. The molecule has 0 spiro atoms. The SMILES string of the molecule is CCOCC1CCN(C(=NC)NCc2ccc(Br)c(F)c2)C1. The Hall–Kier alpha value is -1.14. The highest BCUT2D eigenvalue weighted by Crippen LogP contribution is 2.18. The van der Waals surface area contributed by atoms with Crippen molar-refractivity contribution in [2.24, 2.45) is 10.9 Å². The van der Waals surface area contributed by atoms with Crippen LogP contribution in [0.5, 0.6) is 0 Å². The lowest BCUT2D eigenvalue weighted by molar-refractivity contribution is 0.114. The highest BCUT2D eigenvalue weighted by Gasteiger charge is 2.24. The molecule has 1 aliphatic rings. The number of aliphatic imine (C=N–C) groups is 1. The number of guanidine groups is 1. The minimum Gasteiger partial charge on any atom is -0.381 e. The van der Waals surface area contributed by atoms with Gasteiger partial charge in [0, 0.05) is 39.2 Å². The van der Waals surface area contributed by atoms with Gasteiger partial charge in [0.15, 0.2) is 5.96 Å². The predicted molar refractivity (Wildman–Crippen MR) is 90.5 cm³/mol. The monoisotopic (exact) mass is 371 g/mol. The van der Waals surface area contributed by atoms with E-state index in [1.54, 1.807) is 13.1 Å². The molecule has 0 bridgehead atoms. The number of halogens is 2. The Morgan fingerprint density at radius 1 is 1.55 bits per heavy atom. The lowest BCUT2D eigenvalue weighted by atomic mass is 10.1. The third-order valence-corrected chi connectivity index (χ3v) is 4.43. The van der Waals surface area contributed by atoms with Gasteiger partial charge in [0.25, 0.3) is 0 Å².